The van der Waals surface area contributed by atoms with E-state index < -0.39 is 0 Å². The molecule has 1 aromatic carbocycles. The van der Waals surface area contributed by atoms with E-state index in [0.29, 0.717) is 18.1 Å². The molecule has 0 heterocycles. The fourth-order valence-electron chi connectivity index (χ4n) is 5.54. The predicted molar refractivity (Wildman–Crippen MR) is 80.7 cm³/mol. The molecule has 20 heavy (non-hydrogen) atoms. The molecule has 0 saturated heterocycles. The second-order valence-corrected chi connectivity index (χ2v) is 7.53. The maximum Gasteiger partial charge on any atom is 0.140 e. The van der Waals surface area contributed by atoms with Crippen molar-refractivity contribution in [3.8, 4) is 0 Å². The molecule has 0 radical (unpaired) electrons. The van der Waals surface area contributed by atoms with E-state index in [1.807, 2.05) is 0 Å². The fraction of sp³-hybridized carbons (Fsp3) is 0.632. The lowest BCUT2D eigenvalue weighted by Crippen LogP contribution is -2.13. The van der Waals surface area contributed by atoms with Gasteiger partial charge in [0.25, 0.3) is 0 Å². The lowest BCUT2D eigenvalue weighted by atomic mass is 9.92. The average molecular weight is 268 g/mol. The van der Waals surface area contributed by atoms with Gasteiger partial charge in [0.05, 0.1) is 0 Å². The minimum atomic E-state index is 0.432. The Morgan fingerprint density at radius 1 is 1.05 bits per heavy atom. The number of carbonyl (C=O) groups is 1. The van der Waals surface area contributed by atoms with Crippen LogP contribution in [-0.4, -0.2) is 5.78 Å². The van der Waals surface area contributed by atoms with Gasteiger partial charge in [-0.2, -0.15) is 0 Å². The van der Waals surface area contributed by atoms with Crippen LogP contribution in [-0.2, 0) is 11.2 Å². The molecule has 0 aliphatic heterocycles. The van der Waals surface area contributed by atoms with Crippen LogP contribution in [0.3, 0.4) is 0 Å². The molecule has 1 nitrogen and oxygen atoms in total. The molecule has 0 amide bonds. The van der Waals surface area contributed by atoms with Crippen LogP contribution in [0.1, 0.15) is 41.5 Å². The maximum absolute atomic E-state index is 12.7. The number of Topliss-reactive ketones (excluding diaryl/α,β-unsaturated/α-hetero) is 1. The molecular formula is C19H24O. The molecule has 3 saturated carbocycles. The van der Waals surface area contributed by atoms with Crippen molar-refractivity contribution in [1.29, 1.82) is 0 Å². The summed E-state index contributed by atoms with van der Waals surface area (Å²) in [6.45, 7) is 6.44. The molecular weight excluding hydrogens is 244 g/mol. The third-order valence-electron chi connectivity index (χ3n) is 6.30. The van der Waals surface area contributed by atoms with E-state index in [1.165, 1.54) is 41.5 Å². The standard InChI is InChI=1S/C19H24O/c1-10-6-11(2)15(12(3)7-10)9-16(20)19-17-13-4-5-14(8-13)18(17)19/h6-7,13-14,17-19H,4-5,8-9H2,1-3H3. The van der Waals surface area contributed by atoms with Gasteiger partial charge < -0.3 is 0 Å². The normalized spacial score (nSPS) is 37.0. The molecule has 106 valence electrons. The lowest BCUT2D eigenvalue weighted by molar-refractivity contribution is -0.120. The quantitative estimate of drug-likeness (QED) is 0.809. The first-order valence-electron chi connectivity index (χ1n) is 8.15. The van der Waals surface area contributed by atoms with Gasteiger partial charge in [0.2, 0.25) is 0 Å². The Balaban J connectivity index is 1.52. The topological polar surface area (TPSA) is 17.1 Å². The van der Waals surface area contributed by atoms with Crippen molar-refractivity contribution in [2.75, 3.05) is 0 Å². The highest BCUT2D eigenvalue weighted by Crippen LogP contribution is 2.69. The minimum Gasteiger partial charge on any atom is -0.299 e. The molecule has 4 atom stereocenters. The van der Waals surface area contributed by atoms with Crippen molar-refractivity contribution in [2.24, 2.45) is 29.6 Å². The Hall–Kier alpha value is -1.11. The Morgan fingerprint density at radius 2 is 1.60 bits per heavy atom. The molecule has 0 N–H and O–H groups in total. The summed E-state index contributed by atoms with van der Waals surface area (Å²) in [5, 5.41) is 0. The van der Waals surface area contributed by atoms with Crippen LogP contribution in [0.4, 0.5) is 0 Å². The highest BCUT2D eigenvalue weighted by molar-refractivity contribution is 5.87. The van der Waals surface area contributed by atoms with Crippen molar-refractivity contribution in [3.05, 3.63) is 34.4 Å². The van der Waals surface area contributed by atoms with Gasteiger partial charge in [-0.05, 0) is 80.4 Å². The van der Waals surface area contributed by atoms with Crippen LogP contribution in [0.5, 0.6) is 0 Å². The van der Waals surface area contributed by atoms with Gasteiger partial charge in [0.1, 0.15) is 5.78 Å². The molecule has 3 fully saturated rings. The van der Waals surface area contributed by atoms with E-state index in [-0.39, 0.29) is 0 Å². The van der Waals surface area contributed by atoms with Crippen molar-refractivity contribution >= 4 is 5.78 Å². The monoisotopic (exact) mass is 268 g/mol. The number of aryl methyl sites for hydroxylation is 3. The second-order valence-electron chi connectivity index (χ2n) is 7.53. The number of ketones is 1. The van der Waals surface area contributed by atoms with E-state index in [9.17, 15) is 4.79 Å². The van der Waals surface area contributed by atoms with Gasteiger partial charge in [-0.15, -0.1) is 0 Å². The number of fused-ring (bicyclic) bond motifs is 5. The summed E-state index contributed by atoms with van der Waals surface area (Å²) in [5.41, 5.74) is 5.18. The summed E-state index contributed by atoms with van der Waals surface area (Å²) in [6, 6.07) is 4.43. The van der Waals surface area contributed by atoms with Crippen molar-refractivity contribution in [3.63, 3.8) is 0 Å². The fourth-order valence-corrected chi connectivity index (χ4v) is 5.54. The summed E-state index contributed by atoms with van der Waals surface area (Å²) < 4.78 is 0. The Labute approximate surface area is 121 Å². The average Bonchev–Trinajstić information content (AvgIpc) is 2.82. The summed E-state index contributed by atoms with van der Waals surface area (Å²) in [5.74, 6) is 4.34. The number of hydrogen-bond acceptors (Lipinski definition) is 1. The van der Waals surface area contributed by atoms with E-state index in [4.69, 9.17) is 0 Å². The van der Waals surface area contributed by atoms with E-state index in [1.54, 1.807) is 0 Å². The van der Waals surface area contributed by atoms with Crippen molar-refractivity contribution < 1.29 is 4.79 Å². The number of hydrogen-bond donors (Lipinski definition) is 0. The van der Waals surface area contributed by atoms with Gasteiger partial charge in [-0.1, -0.05) is 17.7 Å². The molecule has 1 aromatic rings. The number of benzene rings is 1. The molecule has 1 heteroatoms. The second kappa shape index (κ2) is 4.19. The zero-order valence-electron chi connectivity index (χ0n) is 12.8. The summed E-state index contributed by atoms with van der Waals surface area (Å²) in [4.78, 5) is 12.7. The van der Waals surface area contributed by atoms with E-state index >= 15 is 0 Å². The zero-order valence-corrected chi connectivity index (χ0v) is 12.8. The third-order valence-corrected chi connectivity index (χ3v) is 6.30. The highest BCUT2D eigenvalue weighted by Gasteiger charge is 2.66. The van der Waals surface area contributed by atoms with Crippen LogP contribution in [0.15, 0.2) is 12.1 Å². The first kappa shape index (κ1) is 12.6. The Bertz CT molecular complexity index is 546. The van der Waals surface area contributed by atoms with Crippen molar-refractivity contribution in [1.82, 2.24) is 0 Å². The first-order chi connectivity index (χ1) is 9.56. The zero-order chi connectivity index (χ0) is 14.0. The number of carbonyl (C=O) groups excluding carboxylic acids is 1. The molecule has 4 unspecified atom stereocenters. The first-order valence-corrected chi connectivity index (χ1v) is 8.15. The summed E-state index contributed by atoms with van der Waals surface area (Å²) >= 11 is 0. The molecule has 0 aromatic heterocycles. The molecule has 3 aliphatic rings. The number of rotatable bonds is 3. The smallest absolute Gasteiger partial charge is 0.140 e. The van der Waals surface area contributed by atoms with Gasteiger partial charge >= 0.3 is 0 Å². The highest BCUT2D eigenvalue weighted by atomic mass is 16.1. The van der Waals surface area contributed by atoms with Crippen LogP contribution < -0.4 is 0 Å². The molecule has 0 spiro atoms. The summed E-state index contributed by atoms with van der Waals surface area (Å²) in [6.07, 6.45) is 4.91. The molecule has 4 rings (SSSR count). The molecule has 3 aliphatic carbocycles. The minimum absolute atomic E-state index is 0.432. The van der Waals surface area contributed by atoms with Crippen molar-refractivity contribution in [2.45, 2.75) is 46.5 Å². The maximum atomic E-state index is 12.7. The van der Waals surface area contributed by atoms with Crippen LogP contribution in [0.25, 0.3) is 0 Å². The summed E-state index contributed by atoms with van der Waals surface area (Å²) in [7, 11) is 0. The lowest BCUT2D eigenvalue weighted by Gasteiger charge is -2.12. The van der Waals surface area contributed by atoms with E-state index in [2.05, 4.69) is 32.9 Å². The Kier molecular flexibility index (Phi) is 2.64. The third kappa shape index (κ3) is 1.71. The molecule has 2 bridgehead atoms. The van der Waals surface area contributed by atoms with Gasteiger partial charge in [0.15, 0.2) is 0 Å². The predicted octanol–water partition coefficient (Wildman–Crippen LogP) is 4.02. The van der Waals surface area contributed by atoms with Gasteiger partial charge in [-0.25, -0.2) is 0 Å². The van der Waals surface area contributed by atoms with Crippen LogP contribution in [0, 0.1) is 50.4 Å². The van der Waals surface area contributed by atoms with Crippen LogP contribution >= 0.6 is 0 Å². The van der Waals surface area contributed by atoms with Gasteiger partial charge in [0, 0.05) is 12.3 Å². The largest absolute Gasteiger partial charge is 0.299 e. The SMILES string of the molecule is Cc1cc(C)c(CC(=O)C2C3C4CCC(C4)C23)c(C)c1. The van der Waals surface area contributed by atoms with Crippen LogP contribution in [0.2, 0.25) is 0 Å². The van der Waals surface area contributed by atoms with Gasteiger partial charge in [-0.3, -0.25) is 4.79 Å². The Morgan fingerprint density at radius 3 is 2.15 bits per heavy atom. The van der Waals surface area contributed by atoms with E-state index in [0.717, 1.165) is 23.7 Å².